The highest BCUT2D eigenvalue weighted by molar-refractivity contribution is 7.89. The Labute approximate surface area is 116 Å². The molecule has 1 rings (SSSR count). The first kappa shape index (κ1) is 16.0. The quantitative estimate of drug-likeness (QED) is 0.797. The summed E-state index contributed by atoms with van der Waals surface area (Å²) < 4.78 is 27.4. The SMILES string of the molecule is CCc1cccc(OCCC(C)CCS(N)(=O)=O)c1. The van der Waals surface area contributed by atoms with Crippen LogP contribution in [0.2, 0.25) is 0 Å². The van der Waals surface area contributed by atoms with E-state index in [1.54, 1.807) is 0 Å². The van der Waals surface area contributed by atoms with E-state index in [2.05, 4.69) is 13.0 Å². The Morgan fingerprint density at radius 2 is 2.05 bits per heavy atom. The number of benzene rings is 1. The van der Waals surface area contributed by atoms with Crippen LogP contribution in [0.15, 0.2) is 24.3 Å². The number of hydrogen-bond acceptors (Lipinski definition) is 3. The third-order valence-corrected chi connectivity index (χ3v) is 3.89. The largest absolute Gasteiger partial charge is 0.494 e. The Bertz CT molecular complexity index is 485. The molecule has 1 atom stereocenters. The van der Waals surface area contributed by atoms with Gasteiger partial charge >= 0.3 is 0 Å². The van der Waals surface area contributed by atoms with Gasteiger partial charge in [-0.3, -0.25) is 0 Å². The fourth-order valence-electron chi connectivity index (χ4n) is 1.74. The topological polar surface area (TPSA) is 69.4 Å². The van der Waals surface area contributed by atoms with Gasteiger partial charge in [0.2, 0.25) is 10.0 Å². The Hall–Kier alpha value is -1.07. The summed E-state index contributed by atoms with van der Waals surface area (Å²) in [5.41, 5.74) is 1.25. The van der Waals surface area contributed by atoms with Gasteiger partial charge in [-0.25, -0.2) is 13.6 Å². The van der Waals surface area contributed by atoms with Gasteiger partial charge in [0.05, 0.1) is 12.4 Å². The molecule has 1 aromatic rings. The van der Waals surface area contributed by atoms with Crippen molar-refractivity contribution in [2.75, 3.05) is 12.4 Å². The van der Waals surface area contributed by atoms with Crippen LogP contribution in [0.5, 0.6) is 5.75 Å². The Morgan fingerprint density at radius 3 is 2.68 bits per heavy atom. The summed E-state index contributed by atoms with van der Waals surface area (Å²) in [6, 6.07) is 8.03. The van der Waals surface area contributed by atoms with E-state index in [4.69, 9.17) is 9.88 Å². The highest BCUT2D eigenvalue weighted by atomic mass is 32.2. The van der Waals surface area contributed by atoms with Crippen molar-refractivity contribution in [3.63, 3.8) is 0 Å². The minimum atomic E-state index is -3.35. The van der Waals surface area contributed by atoms with Gasteiger partial charge in [0.15, 0.2) is 0 Å². The summed E-state index contributed by atoms with van der Waals surface area (Å²) in [6.45, 7) is 4.71. The third kappa shape index (κ3) is 7.18. The summed E-state index contributed by atoms with van der Waals surface area (Å²) in [6.07, 6.45) is 2.39. The molecule has 19 heavy (non-hydrogen) atoms. The smallest absolute Gasteiger partial charge is 0.209 e. The van der Waals surface area contributed by atoms with Crippen LogP contribution in [0.4, 0.5) is 0 Å². The van der Waals surface area contributed by atoms with E-state index in [0.29, 0.717) is 13.0 Å². The zero-order valence-corrected chi connectivity index (χ0v) is 12.4. The third-order valence-electron chi connectivity index (χ3n) is 3.08. The van der Waals surface area contributed by atoms with E-state index in [1.807, 2.05) is 25.1 Å². The molecule has 1 aromatic carbocycles. The lowest BCUT2D eigenvalue weighted by Crippen LogP contribution is -2.18. The van der Waals surface area contributed by atoms with Gasteiger partial charge in [0, 0.05) is 0 Å². The molecule has 0 saturated carbocycles. The maximum atomic E-state index is 10.8. The first-order valence-electron chi connectivity index (χ1n) is 6.63. The lowest BCUT2D eigenvalue weighted by molar-refractivity contribution is 0.281. The number of ether oxygens (including phenoxy) is 1. The van der Waals surface area contributed by atoms with Crippen LogP contribution in [-0.4, -0.2) is 20.8 Å². The van der Waals surface area contributed by atoms with Gasteiger partial charge in [-0.05, 0) is 42.9 Å². The molecule has 4 nitrogen and oxygen atoms in total. The second-order valence-corrected chi connectivity index (χ2v) is 6.63. The average molecular weight is 285 g/mol. The summed E-state index contributed by atoms with van der Waals surface area (Å²) in [5, 5.41) is 4.98. The van der Waals surface area contributed by atoms with Crippen molar-refractivity contribution < 1.29 is 13.2 Å². The molecule has 0 aliphatic carbocycles. The van der Waals surface area contributed by atoms with Crippen LogP contribution in [0.25, 0.3) is 0 Å². The molecule has 0 bridgehead atoms. The summed E-state index contributed by atoms with van der Waals surface area (Å²) in [7, 11) is -3.35. The molecule has 0 fully saturated rings. The van der Waals surface area contributed by atoms with Gasteiger partial charge in [0.25, 0.3) is 0 Å². The monoisotopic (exact) mass is 285 g/mol. The fourth-order valence-corrected chi connectivity index (χ4v) is 2.47. The Morgan fingerprint density at radius 1 is 1.32 bits per heavy atom. The lowest BCUT2D eigenvalue weighted by atomic mass is 10.1. The molecule has 0 amide bonds. The predicted octanol–water partition coefficient (Wildman–Crippen LogP) is 2.33. The van der Waals surface area contributed by atoms with Crippen LogP contribution in [0.1, 0.15) is 32.3 Å². The zero-order valence-electron chi connectivity index (χ0n) is 11.6. The number of nitrogens with two attached hydrogens (primary N) is 1. The van der Waals surface area contributed by atoms with E-state index in [1.165, 1.54) is 5.56 Å². The van der Waals surface area contributed by atoms with E-state index in [9.17, 15) is 8.42 Å². The van der Waals surface area contributed by atoms with Crippen molar-refractivity contribution in [2.45, 2.75) is 33.1 Å². The highest BCUT2D eigenvalue weighted by Crippen LogP contribution is 2.15. The second-order valence-electron chi connectivity index (χ2n) is 4.90. The van der Waals surface area contributed by atoms with E-state index in [-0.39, 0.29) is 11.7 Å². The molecule has 0 saturated heterocycles. The molecule has 0 aromatic heterocycles. The summed E-state index contributed by atoms with van der Waals surface area (Å²) >= 11 is 0. The first-order chi connectivity index (χ1) is 8.90. The van der Waals surface area contributed by atoms with Gasteiger partial charge < -0.3 is 4.74 Å². The van der Waals surface area contributed by atoms with Crippen LogP contribution >= 0.6 is 0 Å². The fraction of sp³-hybridized carbons (Fsp3) is 0.571. The van der Waals surface area contributed by atoms with Gasteiger partial charge in [-0.15, -0.1) is 0 Å². The van der Waals surface area contributed by atoms with E-state index in [0.717, 1.165) is 18.6 Å². The molecule has 1 unspecified atom stereocenters. The highest BCUT2D eigenvalue weighted by Gasteiger charge is 2.08. The maximum Gasteiger partial charge on any atom is 0.209 e. The van der Waals surface area contributed by atoms with Crippen molar-refractivity contribution in [2.24, 2.45) is 11.1 Å². The van der Waals surface area contributed by atoms with Crippen molar-refractivity contribution in [1.29, 1.82) is 0 Å². The molecule has 0 aliphatic heterocycles. The lowest BCUT2D eigenvalue weighted by Gasteiger charge is -2.12. The number of sulfonamides is 1. The Balaban J connectivity index is 2.29. The molecule has 0 heterocycles. The molecule has 5 heteroatoms. The normalized spacial score (nSPS) is 13.2. The predicted molar refractivity (Wildman–Crippen MR) is 77.7 cm³/mol. The average Bonchev–Trinajstić information content (AvgIpc) is 2.36. The van der Waals surface area contributed by atoms with E-state index < -0.39 is 10.0 Å². The van der Waals surface area contributed by atoms with Crippen molar-refractivity contribution in [3.05, 3.63) is 29.8 Å². The summed E-state index contributed by atoms with van der Waals surface area (Å²) in [5.74, 6) is 1.20. The van der Waals surface area contributed by atoms with Gasteiger partial charge in [0.1, 0.15) is 5.75 Å². The Kier molecular flexibility index (Phi) is 6.31. The zero-order chi connectivity index (χ0) is 14.3. The van der Waals surface area contributed by atoms with Crippen molar-refractivity contribution in [1.82, 2.24) is 0 Å². The number of rotatable bonds is 8. The van der Waals surface area contributed by atoms with E-state index >= 15 is 0 Å². The maximum absolute atomic E-state index is 10.8. The van der Waals surface area contributed by atoms with Gasteiger partial charge in [-0.1, -0.05) is 26.0 Å². The molecule has 108 valence electrons. The number of primary sulfonamides is 1. The molecule has 0 spiro atoms. The number of aryl methyl sites for hydroxylation is 1. The first-order valence-corrected chi connectivity index (χ1v) is 8.34. The molecule has 2 N–H and O–H groups in total. The standard InChI is InChI=1S/C14H23NO3S/c1-3-13-5-4-6-14(11-13)18-9-7-12(2)8-10-19(15,16)17/h4-6,11-12H,3,7-10H2,1-2H3,(H2,15,16,17). The minimum absolute atomic E-state index is 0.0412. The second kappa shape index (κ2) is 7.50. The van der Waals surface area contributed by atoms with Crippen molar-refractivity contribution >= 4 is 10.0 Å². The molecular formula is C14H23NO3S. The van der Waals surface area contributed by atoms with Crippen LogP contribution in [0, 0.1) is 5.92 Å². The summed E-state index contributed by atoms with van der Waals surface area (Å²) in [4.78, 5) is 0. The minimum Gasteiger partial charge on any atom is -0.494 e. The van der Waals surface area contributed by atoms with Gasteiger partial charge in [-0.2, -0.15) is 0 Å². The molecule has 0 aliphatic rings. The molecular weight excluding hydrogens is 262 g/mol. The van der Waals surface area contributed by atoms with Crippen LogP contribution in [0.3, 0.4) is 0 Å². The van der Waals surface area contributed by atoms with Crippen LogP contribution < -0.4 is 9.88 Å². The van der Waals surface area contributed by atoms with Crippen LogP contribution in [-0.2, 0) is 16.4 Å². The number of hydrogen-bond donors (Lipinski definition) is 1. The van der Waals surface area contributed by atoms with Crippen molar-refractivity contribution in [3.8, 4) is 5.75 Å². The molecule has 0 radical (unpaired) electrons.